The topological polar surface area (TPSA) is 58.2 Å². The van der Waals surface area contributed by atoms with Gasteiger partial charge in [-0.2, -0.15) is 0 Å². The predicted molar refractivity (Wildman–Crippen MR) is 109 cm³/mol. The molecule has 0 fully saturated rings. The van der Waals surface area contributed by atoms with Crippen LogP contribution in [0, 0.1) is 6.92 Å². The van der Waals surface area contributed by atoms with Crippen molar-refractivity contribution in [3.05, 3.63) is 59.7 Å². The number of amides is 2. The highest BCUT2D eigenvalue weighted by molar-refractivity contribution is 8.00. The Morgan fingerprint density at radius 1 is 1.00 bits per heavy atom. The third-order valence-corrected chi connectivity index (χ3v) is 4.73. The van der Waals surface area contributed by atoms with Gasteiger partial charge in [-0.15, -0.1) is 11.8 Å². The van der Waals surface area contributed by atoms with E-state index in [-0.39, 0.29) is 22.6 Å². The first kappa shape index (κ1) is 20.0. The highest BCUT2D eigenvalue weighted by atomic mass is 32.2. The fourth-order valence-corrected chi connectivity index (χ4v) is 3.17. The SMILES string of the molecule is Cc1ccc(S[C@@H](C)C(=O)Nc2ccccc2C(=O)NC(C)(C)C)cc1. The van der Waals surface area contributed by atoms with E-state index in [9.17, 15) is 9.59 Å². The van der Waals surface area contributed by atoms with Crippen molar-refractivity contribution in [1.29, 1.82) is 0 Å². The van der Waals surface area contributed by atoms with Crippen LogP contribution in [-0.4, -0.2) is 22.6 Å². The second-order valence-electron chi connectivity index (χ2n) is 7.31. The van der Waals surface area contributed by atoms with Gasteiger partial charge < -0.3 is 10.6 Å². The first-order valence-corrected chi connectivity index (χ1v) is 9.49. The fourth-order valence-electron chi connectivity index (χ4n) is 2.31. The maximum Gasteiger partial charge on any atom is 0.253 e. The summed E-state index contributed by atoms with van der Waals surface area (Å²) in [6.45, 7) is 9.66. The summed E-state index contributed by atoms with van der Waals surface area (Å²) in [4.78, 5) is 26.1. The van der Waals surface area contributed by atoms with Gasteiger partial charge in [0.1, 0.15) is 0 Å². The Balaban J connectivity index is 2.08. The Bertz CT molecular complexity index is 779. The number of aryl methyl sites for hydroxylation is 1. The molecule has 26 heavy (non-hydrogen) atoms. The van der Waals surface area contributed by atoms with Gasteiger partial charge >= 0.3 is 0 Å². The van der Waals surface area contributed by atoms with Crippen LogP contribution in [0.1, 0.15) is 43.6 Å². The maximum absolute atomic E-state index is 12.6. The molecule has 2 aromatic carbocycles. The van der Waals surface area contributed by atoms with E-state index in [4.69, 9.17) is 0 Å². The molecule has 0 radical (unpaired) electrons. The summed E-state index contributed by atoms with van der Waals surface area (Å²) in [5.41, 5.74) is 1.83. The van der Waals surface area contributed by atoms with E-state index in [2.05, 4.69) is 10.6 Å². The monoisotopic (exact) mass is 370 g/mol. The van der Waals surface area contributed by atoms with Crippen molar-refractivity contribution in [2.45, 2.75) is 50.3 Å². The molecule has 2 rings (SSSR count). The normalized spacial score (nSPS) is 12.3. The van der Waals surface area contributed by atoms with E-state index in [1.165, 1.54) is 17.3 Å². The van der Waals surface area contributed by atoms with Crippen molar-refractivity contribution >= 4 is 29.3 Å². The van der Waals surface area contributed by atoms with Gasteiger partial charge in [-0.1, -0.05) is 29.8 Å². The first-order valence-electron chi connectivity index (χ1n) is 8.61. The molecule has 0 bridgehead atoms. The zero-order valence-corrected chi connectivity index (χ0v) is 16.7. The smallest absolute Gasteiger partial charge is 0.253 e. The summed E-state index contributed by atoms with van der Waals surface area (Å²) in [6.07, 6.45) is 0. The number of rotatable bonds is 5. The third kappa shape index (κ3) is 5.92. The number of carbonyl (C=O) groups is 2. The van der Waals surface area contributed by atoms with E-state index in [1.54, 1.807) is 24.3 Å². The molecular weight excluding hydrogens is 344 g/mol. The van der Waals surface area contributed by atoms with E-state index >= 15 is 0 Å². The predicted octanol–water partition coefficient (Wildman–Crippen LogP) is 4.64. The summed E-state index contributed by atoms with van der Waals surface area (Å²) in [7, 11) is 0. The highest BCUT2D eigenvalue weighted by Gasteiger charge is 2.20. The minimum Gasteiger partial charge on any atom is -0.347 e. The van der Waals surface area contributed by atoms with Gasteiger partial charge in [-0.25, -0.2) is 0 Å². The Morgan fingerprint density at radius 2 is 1.62 bits per heavy atom. The van der Waals surface area contributed by atoms with Crippen LogP contribution >= 0.6 is 11.8 Å². The Hall–Kier alpha value is -2.27. The van der Waals surface area contributed by atoms with Gasteiger partial charge in [0.25, 0.3) is 5.91 Å². The van der Waals surface area contributed by atoms with Crippen molar-refractivity contribution < 1.29 is 9.59 Å². The zero-order valence-electron chi connectivity index (χ0n) is 15.9. The Kier molecular flexibility index (Phi) is 6.48. The number of carbonyl (C=O) groups excluding carboxylic acids is 2. The molecule has 0 aliphatic heterocycles. The molecule has 0 saturated carbocycles. The molecule has 0 aromatic heterocycles. The van der Waals surface area contributed by atoms with Gasteiger partial charge in [0, 0.05) is 10.4 Å². The average molecular weight is 371 g/mol. The quantitative estimate of drug-likeness (QED) is 0.754. The molecule has 0 aliphatic carbocycles. The van der Waals surface area contributed by atoms with Gasteiger partial charge in [0.2, 0.25) is 5.91 Å². The van der Waals surface area contributed by atoms with E-state index < -0.39 is 0 Å². The second kappa shape index (κ2) is 8.41. The highest BCUT2D eigenvalue weighted by Crippen LogP contribution is 2.25. The minimum absolute atomic E-state index is 0.133. The van der Waals surface area contributed by atoms with Gasteiger partial charge in [0.15, 0.2) is 0 Å². The summed E-state index contributed by atoms with van der Waals surface area (Å²) in [5, 5.41) is 5.53. The molecule has 0 saturated heterocycles. The van der Waals surface area contributed by atoms with E-state index in [1.807, 2.05) is 58.9 Å². The zero-order chi connectivity index (χ0) is 19.3. The number of para-hydroxylation sites is 1. The largest absolute Gasteiger partial charge is 0.347 e. The summed E-state index contributed by atoms with van der Waals surface area (Å²) >= 11 is 1.49. The van der Waals surface area contributed by atoms with Crippen LogP contribution < -0.4 is 10.6 Å². The molecule has 1 atom stereocenters. The lowest BCUT2D eigenvalue weighted by molar-refractivity contribution is -0.115. The van der Waals surface area contributed by atoms with Crippen LogP contribution in [0.25, 0.3) is 0 Å². The molecule has 0 unspecified atom stereocenters. The molecule has 0 aliphatic rings. The molecule has 0 heterocycles. The van der Waals surface area contributed by atoms with E-state index in [0.29, 0.717) is 11.3 Å². The van der Waals surface area contributed by atoms with Crippen LogP contribution in [0.2, 0.25) is 0 Å². The first-order chi connectivity index (χ1) is 12.2. The summed E-state index contributed by atoms with van der Waals surface area (Å²) in [5.74, 6) is -0.334. The average Bonchev–Trinajstić information content (AvgIpc) is 2.55. The van der Waals surface area contributed by atoms with Crippen LogP contribution in [-0.2, 0) is 4.79 Å². The fraction of sp³-hybridized carbons (Fsp3) is 0.333. The number of hydrogen-bond acceptors (Lipinski definition) is 3. The van der Waals surface area contributed by atoms with Crippen LogP contribution in [0.5, 0.6) is 0 Å². The number of anilines is 1. The van der Waals surface area contributed by atoms with Crippen molar-refractivity contribution in [3.63, 3.8) is 0 Å². The summed E-state index contributed by atoms with van der Waals surface area (Å²) < 4.78 is 0. The van der Waals surface area contributed by atoms with Crippen molar-refractivity contribution in [1.82, 2.24) is 5.32 Å². The van der Waals surface area contributed by atoms with Crippen molar-refractivity contribution in [2.24, 2.45) is 0 Å². The Labute approximate surface area is 159 Å². The van der Waals surface area contributed by atoms with Crippen LogP contribution in [0.4, 0.5) is 5.69 Å². The number of thioether (sulfide) groups is 1. The number of nitrogens with one attached hydrogen (secondary N) is 2. The standard InChI is InChI=1S/C21H26N2O2S/c1-14-10-12-16(13-11-14)26-15(2)19(24)22-18-9-7-6-8-17(18)20(25)23-21(3,4)5/h6-13,15H,1-5H3,(H,22,24)(H,23,25)/t15-/m0/s1. The minimum atomic E-state index is -0.344. The summed E-state index contributed by atoms with van der Waals surface area (Å²) in [6, 6.07) is 15.1. The molecule has 5 heteroatoms. The van der Waals surface area contributed by atoms with Gasteiger partial charge in [-0.3, -0.25) is 9.59 Å². The molecule has 138 valence electrons. The molecular formula is C21H26N2O2S. The van der Waals surface area contributed by atoms with E-state index in [0.717, 1.165) is 4.90 Å². The lowest BCUT2D eigenvalue weighted by Crippen LogP contribution is -2.41. The molecule has 0 spiro atoms. The molecule has 2 amide bonds. The van der Waals surface area contributed by atoms with Crippen LogP contribution in [0.15, 0.2) is 53.4 Å². The van der Waals surface area contributed by atoms with Gasteiger partial charge in [0.05, 0.1) is 16.5 Å². The van der Waals surface area contributed by atoms with Gasteiger partial charge in [-0.05, 0) is 58.9 Å². The number of hydrogen-bond donors (Lipinski definition) is 2. The van der Waals surface area contributed by atoms with Crippen LogP contribution in [0.3, 0.4) is 0 Å². The Morgan fingerprint density at radius 3 is 2.23 bits per heavy atom. The maximum atomic E-state index is 12.6. The van der Waals surface area contributed by atoms with Crippen molar-refractivity contribution in [3.8, 4) is 0 Å². The van der Waals surface area contributed by atoms with Crippen molar-refractivity contribution in [2.75, 3.05) is 5.32 Å². The molecule has 4 nitrogen and oxygen atoms in total. The number of benzene rings is 2. The lowest BCUT2D eigenvalue weighted by atomic mass is 10.1. The molecule has 2 N–H and O–H groups in total. The lowest BCUT2D eigenvalue weighted by Gasteiger charge is -2.22. The molecule has 2 aromatic rings. The third-order valence-electron chi connectivity index (χ3n) is 3.62. The second-order valence-corrected chi connectivity index (χ2v) is 8.73.